The summed E-state index contributed by atoms with van der Waals surface area (Å²) in [5.41, 5.74) is 7.02. The van der Waals surface area contributed by atoms with Gasteiger partial charge in [0.2, 0.25) is 11.8 Å². The van der Waals surface area contributed by atoms with Gasteiger partial charge in [-0.25, -0.2) is 4.98 Å². The van der Waals surface area contributed by atoms with Crippen LogP contribution < -0.4 is 16.4 Å². The Morgan fingerprint density at radius 3 is 2.54 bits per heavy atom. The third-order valence-electron chi connectivity index (χ3n) is 4.65. The number of hydrogen-bond donors (Lipinski definition) is 4. The number of rotatable bonds is 6. The molecule has 0 aliphatic heterocycles. The van der Waals surface area contributed by atoms with Gasteiger partial charge >= 0.3 is 0 Å². The maximum absolute atomic E-state index is 12.7. The molecule has 3 rings (SSSR count). The lowest BCUT2D eigenvalue weighted by Gasteiger charge is -2.23. The minimum Gasteiger partial charge on any atom is -0.344 e. The molecule has 1 aromatic carbocycles. The second-order valence-electron chi connectivity index (χ2n) is 6.60. The van der Waals surface area contributed by atoms with Gasteiger partial charge in [-0.15, -0.1) is 0 Å². The van der Waals surface area contributed by atoms with Crippen LogP contribution in [0.3, 0.4) is 0 Å². The predicted molar refractivity (Wildman–Crippen MR) is 97.9 cm³/mol. The third kappa shape index (κ3) is 4.26. The summed E-state index contributed by atoms with van der Waals surface area (Å²) in [4.78, 5) is 28.4. The molecule has 1 atom stereocenters. The number of carbonyl (C=O) groups is 2. The molecule has 1 aromatic heterocycles. The maximum atomic E-state index is 12.7. The largest absolute Gasteiger partial charge is 0.344 e. The minimum absolute atomic E-state index is 0.178. The van der Waals surface area contributed by atoms with E-state index >= 15 is 0 Å². The minimum atomic E-state index is -0.491. The number of nitrogens with two attached hydrogens (primary N) is 1. The highest BCUT2D eigenvalue weighted by atomic mass is 16.2. The van der Waals surface area contributed by atoms with Crippen LogP contribution in [-0.4, -0.2) is 33.0 Å². The van der Waals surface area contributed by atoms with Crippen LogP contribution in [0.1, 0.15) is 38.4 Å². The zero-order valence-corrected chi connectivity index (χ0v) is 14.8. The molecule has 5 N–H and O–H groups in total. The van der Waals surface area contributed by atoms with E-state index in [2.05, 4.69) is 25.8 Å². The topological polar surface area (TPSA) is 126 Å². The first kappa shape index (κ1) is 18.1. The first-order valence-corrected chi connectivity index (χ1v) is 8.86. The Morgan fingerprint density at radius 1 is 1.27 bits per heavy atom. The monoisotopic (exact) mass is 356 g/mol. The summed E-state index contributed by atoms with van der Waals surface area (Å²) in [6, 6.07) is 6.77. The van der Waals surface area contributed by atoms with Crippen molar-refractivity contribution in [2.75, 3.05) is 5.32 Å². The van der Waals surface area contributed by atoms with Gasteiger partial charge in [0, 0.05) is 18.2 Å². The molecule has 138 valence electrons. The van der Waals surface area contributed by atoms with Crippen LogP contribution in [0.2, 0.25) is 0 Å². The number of anilines is 1. The van der Waals surface area contributed by atoms with Crippen molar-refractivity contribution in [3.8, 4) is 11.4 Å². The SMILES string of the molecule is CC(=O)NC(C(=O)Nc1ccc(-c2n[nH]c(CN)n2)cc1)C1CCCC1. The number of hydrogen-bond acceptors (Lipinski definition) is 5. The molecule has 0 bridgehead atoms. The molecule has 1 unspecified atom stereocenters. The molecule has 1 heterocycles. The van der Waals surface area contributed by atoms with Gasteiger partial charge < -0.3 is 16.4 Å². The lowest BCUT2D eigenvalue weighted by atomic mass is 9.97. The molecule has 26 heavy (non-hydrogen) atoms. The molecule has 1 saturated carbocycles. The Hall–Kier alpha value is -2.74. The van der Waals surface area contributed by atoms with Gasteiger partial charge in [-0.1, -0.05) is 12.8 Å². The Labute approximate surface area is 152 Å². The van der Waals surface area contributed by atoms with Crippen molar-refractivity contribution in [2.45, 2.75) is 45.2 Å². The highest BCUT2D eigenvalue weighted by molar-refractivity contribution is 5.97. The second-order valence-corrected chi connectivity index (χ2v) is 6.60. The summed E-state index contributed by atoms with van der Waals surface area (Å²) in [6.45, 7) is 1.74. The number of benzene rings is 1. The van der Waals surface area contributed by atoms with Gasteiger partial charge in [-0.3, -0.25) is 14.7 Å². The van der Waals surface area contributed by atoms with Crippen LogP contribution in [-0.2, 0) is 16.1 Å². The summed E-state index contributed by atoms with van der Waals surface area (Å²) >= 11 is 0. The van der Waals surface area contributed by atoms with Gasteiger partial charge in [0.1, 0.15) is 11.9 Å². The third-order valence-corrected chi connectivity index (χ3v) is 4.65. The van der Waals surface area contributed by atoms with E-state index < -0.39 is 6.04 Å². The van der Waals surface area contributed by atoms with Crippen molar-refractivity contribution in [2.24, 2.45) is 11.7 Å². The van der Waals surface area contributed by atoms with Crippen LogP contribution in [0, 0.1) is 5.92 Å². The van der Waals surface area contributed by atoms with E-state index in [0.29, 0.717) is 23.9 Å². The fourth-order valence-electron chi connectivity index (χ4n) is 3.35. The van der Waals surface area contributed by atoms with Crippen molar-refractivity contribution in [3.63, 3.8) is 0 Å². The molecule has 1 aliphatic rings. The summed E-state index contributed by atoms with van der Waals surface area (Å²) in [5.74, 6) is 1.01. The van der Waals surface area contributed by atoms with E-state index in [-0.39, 0.29) is 17.7 Å². The number of carbonyl (C=O) groups excluding carboxylic acids is 2. The Morgan fingerprint density at radius 2 is 1.96 bits per heavy atom. The van der Waals surface area contributed by atoms with Crippen LogP contribution in [0.4, 0.5) is 5.69 Å². The number of nitrogens with one attached hydrogen (secondary N) is 3. The smallest absolute Gasteiger partial charge is 0.247 e. The van der Waals surface area contributed by atoms with Crippen LogP contribution in [0.15, 0.2) is 24.3 Å². The molecule has 1 fully saturated rings. The van der Waals surface area contributed by atoms with Crippen molar-refractivity contribution in [1.82, 2.24) is 20.5 Å². The van der Waals surface area contributed by atoms with Gasteiger partial charge in [-0.2, -0.15) is 5.10 Å². The molecule has 8 heteroatoms. The normalized spacial score (nSPS) is 15.6. The molecule has 1 aliphatic carbocycles. The standard InChI is InChI=1S/C18H24N6O2/c1-11(25)20-16(12-4-2-3-5-12)18(26)21-14-8-6-13(7-9-14)17-22-15(10-19)23-24-17/h6-9,12,16H,2-5,10,19H2,1H3,(H,20,25)(H,21,26)(H,22,23,24). The van der Waals surface area contributed by atoms with E-state index in [0.717, 1.165) is 31.2 Å². The molecule has 2 amide bonds. The maximum Gasteiger partial charge on any atom is 0.247 e. The lowest BCUT2D eigenvalue weighted by Crippen LogP contribution is -2.47. The Kier molecular flexibility index (Phi) is 5.62. The highest BCUT2D eigenvalue weighted by Gasteiger charge is 2.31. The van der Waals surface area contributed by atoms with E-state index in [4.69, 9.17) is 5.73 Å². The molecular weight excluding hydrogens is 332 g/mol. The zero-order valence-electron chi connectivity index (χ0n) is 14.8. The van der Waals surface area contributed by atoms with E-state index in [9.17, 15) is 9.59 Å². The van der Waals surface area contributed by atoms with Crippen LogP contribution in [0.5, 0.6) is 0 Å². The number of amides is 2. The average Bonchev–Trinajstić information content (AvgIpc) is 3.32. The van der Waals surface area contributed by atoms with Crippen molar-refractivity contribution in [1.29, 1.82) is 0 Å². The van der Waals surface area contributed by atoms with E-state index in [1.54, 1.807) is 12.1 Å². The molecule has 0 spiro atoms. The summed E-state index contributed by atoms with van der Waals surface area (Å²) < 4.78 is 0. The number of H-pyrrole nitrogens is 1. The van der Waals surface area contributed by atoms with Crippen LogP contribution in [0.25, 0.3) is 11.4 Å². The highest BCUT2D eigenvalue weighted by Crippen LogP contribution is 2.28. The molecule has 2 aromatic rings. The number of aromatic amines is 1. The first-order valence-electron chi connectivity index (χ1n) is 8.86. The fraction of sp³-hybridized carbons (Fsp3) is 0.444. The van der Waals surface area contributed by atoms with Gasteiger partial charge in [0.05, 0.1) is 6.54 Å². The summed E-state index contributed by atoms with van der Waals surface area (Å²) in [7, 11) is 0. The Balaban J connectivity index is 1.68. The van der Waals surface area contributed by atoms with Gasteiger partial charge in [0.25, 0.3) is 0 Å². The van der Waals surface area contributed by atoms with Crippen molar-refractivity contribution >= 4 is 17.5 Å². The quantitative estimate of drug-likeness (QED) is 0.625. The number of nitrogens with zero attached hydrogens (tertiary/aromatic N) is 2. The number of aromatic nitrogens is 3. The van der Waals surface area contributed by atoms with E-state index in [1.807, 2.05) is 12.1 Å². The lowest BCUT2D eigenvalue weighted by molar-refractivity contribution is -0.126. The summed E-state index contributed by atoms with van der Waals surface area (Å²) in [5, 5.41) is 12.6. The van der Waals surface area contributed by atoms with Gasteiger partial charge in [-0.05, 0) is 43.0 Å². The van der Waals surface area contributed by atoms with Crippen molar-refractivity contribution in [3.05, 3.63) is 30.1 Å². The fourth-order valence-corrected chi connectivity index (χ4v) is 3.35. The van der Waals surface area contributed by atoms with E-state index in [1.165, 1.54) is 6.92 Å². The van der Waals surface area contributed by atoms with Crippen LogP contribution >= 0.6 is 0 Å². The second kappa shape index (κ2) is 8.09. The predicted octanol–water partition coefficient (Wildman–Crippen LogP) is 1.56. The molecule has 8 nitrogen and oxygen atoms in total. The first-order chi connectivity index (χ1) is 12.6. The average molecular weight is 356 g/mol. The zero-order chi connectivity index (χ0) is 18.5. The van der Waals surface area contributed by atoms with Crippen molar-refractivity contribution < 1.29 is 9.59 Å². The summed E-state index contributed by atoms with van der Waals surface area (Å²) in [6.07, 6.45) is 4.13. The molecule has 0 radical (unpaired) electrons. The Bertz CT molecular complexity index is 764. The molecular formula is C18H24N6O2. The van der Waals surface area contributed by atoms with Gasteiger partial charge in [0.15, 0.2) is 5.82 Å². The molecule has 0 saturated heterocycles.